The fourth-order valence-electron chi connectivity index (χ4n) is 1.99. The van der Waals surface area contributed by atoms with E-state index in [0.717, 1.165) is 5.56 Å². The smallest absolute Gasteiger partial charge is 0.188 e. The predicted molar refractivity (Wildman–Crippen MR) is 63.9 cm³/mol. The van der Waals surface area contributed by atoms with Crippen LogP contribution < -0.4 is 0 Å². The SMILES string of the molecule is CCOCC(=O)c1cccc(C2CCC2)c1. The van der Waals surface area contributed by atoms with Crippen LogP contribution in [0.25, 0.3) is 0 Å². The summed E-state index contributed by atoms with van der Waals surface area (Å²) in [6.07, 6.45) is 3.86. The van der Waals surface area contributed by atoms with E-state index in [1.54, 1.807) is 0 Å². The standard InChI is InChI=1S/C14H18O2/c1-2-16-10-14(15)13-8-4-7-12(9-13)11-5-3-6-11/h4,7-9,11H,2-3,5-6,10H2,1H3. The van der Waals surface area contributed by atoms with Gasteiger partial charge in [-0.15, -0.1) is 0 Å². The van der Waals surface area contributed by atoms with E-state index in [9.17, 15) is 4.79 Å². The molecule has 1 aromatic carbocycles. The molecule has 1 aliphatic rings. The first-order valence-electron chi connectivity index (χ1n) is 6.02. The van der Waals surface area contributed by atoms with Gasteiger partial charge in [0.25, 0.3) is 0 Å². The number of carbonyl (C=O) groups excluding carboxylic acids is 1. The highest BCUT2D eigenvalue weighted by atomic mass is 16.5. The zero-order valence-corrected chi connectivity index (χ0v) is 9.74. The fourth-order valence-corrected chi connectivity index (χ4v) is 1.99. The molecule has 0 heterocycles. The average molecular weight is 218 g/mol. The van der Waals surface area contributed by atoms with Crippen LogP contribution in [-0.4, -0.2) is 19.0 Å². The molecule has 0 N–H and O–H groups in total. The van der Waals surface area contributed by atoms with E-state index in [2.05, 4.69) is 6.07 Å². The number of hydrogen-bond acceptors (Lipinski definition) is 2. The Balaban J connectivity index is 2.05. The second kappa shape index (κ2) is 5.26. The molecule has 0 spiro atoms. The quantitative estimate of drug-likeness (QED) is 0.709. The van der Waals surface area contributed by atoms with Crippen LogP contribution in [-0.2, 0) is 4.74 Å². The Morgan fingerprint density at radius 2 is 2.25 bits per heavy atom. The molecule has 2 heteroatoms. The highest BCUT2D eigenvalue weighted by molar-refractivity contribution is 5.97. The molecule has 0 unspecified atom stereocenters. The van der Waals surface area contributed by atoms with Gasteiger partial charge in [0.15, 0.2) is 5.78 Å². The van der Waals surface area contributed by atoms with Crippen molar-refractivity contribution in [3.05, 3.63) is 35.4 Å². The number of ketones is 1. The lowest BCUT2D eigenvalue weighted by Gasteiger charge is -2.26. The van der Waals surface area contributed by atoms with Crippen molar-refractivity contribution in [3.8, 4) is 0 Å². The average Bonchev–Trinajstić information content (AvgIpc) is 2.24. The summed E-state index contributed by atoms with van der Waals surface area (Å²) >= 11 is 0. The Kier molecular flexibility index (Phi) is 3.73. The summed E-state index contributed by atoms with van der Waals surface area (Å²) in [7, 11) is 0. The van der Waals surface area contributed by atoms with E-state index < -0.39 is 0 Å². The molecule has 0 atom stereocenters. The monoisotopic (exact) mass is 218 g/mol. The number of benzene rings is 1. The van der Waals surface area contributed by atoms with Gasteiger partial charge in [0.1, 0.15) is 6.61 Å². The molecule has 0 bridgehead atoms. The third-order valence-corrected chi connectivity index (χ3v) is 3.22. The minimum absolute atomic E-state index is 0.0861. The molecule has 86 valence electrons. The van der Waals surface area contributed by atoms with Crippen LogP contribution >= 0.6 is 0 Å². The zero-order chi connectivity index (χ0) is 11.4. The Bertz CT molecular complexity index is 367. The van der Waals surface area contributed by atoms with Gasteiger partial charge in [-0.05, 0) is 37.3 Å². The molecule has 0 radical (unpaired) electrons. The molecule has 0 aliphatic heterocycles. The summed E-state index contributed by atoms with van der Waals surface area (Å²) < 4.78 is 5.14. The van der Waals surface area contributed by atoms with Crippen LogP contribution in [0.2, 0.25) is 0 Å². The third kappa shape index (κ3) is 2.50. The number of rotatable bonds is 5. The minimum Gasteiger partial charge on any atom is -0.374 e. The molecule has 16 heavy (non-hydrogen) atoms. The molecule has 0 amide bonds. The Morgan fingerprint density at radius 3 is 2.88 bits per heavy atom. The first-order chi connectivity index (χ1) is 7.81. The Hall–Kier alpha value is -1.15. The maximum absolute atomic E-state index is 11.8. The van der Waals surface area contributed by atoms with Gasteiger partial charge in [-0.2, -0.15) is 0 Å². The molecule has 1 aliphatic carbocycles. The summed E-state index contributed by atoms with van der Waals surface area (Å²) in [4.78, 5) is 11.8. The van der Waals surface area contributed by atoms with Crippen LogP contribution in [0.15, 0.2) is 24.3 Å². The van der Waals surface area contributed by atoms with Gasteiger partial charge in [-0.3, -0.25) is 4.79 Å². The maximum Gasteiger partial charge on any atom is 0.188 e. The zero-order valence-electron chi connectivity index (χ0n) is 9.74. The lowest BCUT2D eigenvalue weighted by molar-refractivity contribution is 0.0783. The summed E-state index contributed by atoms with van der Waals surface area (Å²) in [5, 5.41) is 0. The summed E-state index contributed by atoms with van der Waals surface area (Å²) in [6.45, 7) is 2.69. The van der Waals surface area contributed by atoms with Crippen LogP contribution in [0, 0.1) is 0 Å². The minimum atomic E-state index is 0.0861. The highest BCUT2D eigenvalue weighted by Gasteiger charge is 2.20. The number of Topliss-reactive ketones (excluding diaryl/α,β-unsaturated/α-hetero) is 1. The van der Waals surface area contributed by atoms with Crippen LogP contribution in [0.3, 0.4) is 0 Å². The van der Waals surface area contributed by atoms with Gasteiger partial charge in [0, 0.05) is 12.2 Å². The van der Waals surface area contributed by atoms with Crippen LogP contribution in [0.5, 0.6) is 0 Å². The molecular formula is C14H18O2. The maximum atomic E-state index is 11.8. The van der Waals surface area contributed by atoms with Gasteiger partial charge in [-0.25, -0.2) is 0 Å². The first-order valence-corrected chi connectivity index (χ1v) is 6.02. The van der Waals surface area contributed by atoms with E-state index >= 15 is 0 Å². The van der Waals surface area contributed by atoms with E-state index in [1.165, 1.54) is 24.8 Å². The van der Waals surface area contributed by atoms with Crippen LogP contribution in [0.1, 0.15) is 48.0 Å². The summed E-state index contributed by atoms with van der Waals surface area (Å²) in [6, 6.07) is 8.02. The number of carbonyl (C=O) groups is 1. The van der Waals surface area contributed by atoms with Gasteiger partial charge in [0.05, 0.1) is 0 Å². The van der Waals surface area contributed by atoms with Crippen molar-refractivity contribution in [1.82, 2.24) is 0 Å². The van der Waals surface area contributed by atoms with Gasteiger partial charge < -0.3 is 4.74 Å². The third-order valence-electron chi connectivity index (χ3n) is 3.22. The molecule has 1 aromatic rings. The van der Waals surface area contributed by atoms with Gasteiger partial charge in [-0.1, -0.05) is 24.6 Å². The van der Waals surface area contributed by atoms with Crippen molar-refractivity contribution in [2.45, 2.75) is 32.1 Å². The summed E-state index contributed by atoms with van der Waals surface area (Å²) in [5.74, 6) is 0.767. The lowest BCUT2D eigenvalue weighted by atomic mass is 9.79. The van der Waals surface area contributed by atoms with Crippen molar-refractivity contribution in [2.24, 2.45) is 0 Å². The van der Waals surface area contributed by atoms with Gasteiger partial charge in [0.2, 0.25) is 0 Å². The van der Waals surface area contributed by atoms with E-state index in [0.29, 0.717) is 12.5 Å². The molecule has 0 aromatic heterocycles. The highest BCUT2D eigenvalue weighted by Crippen LogP contribution is 2.36. The fraction of sp³-hybridized carbons (Fsp3) is 0.500. The lowest BCUT2D eigenvalue weighted by Crippen LogP contribution is -2.12. The predicted octanol–water partition coefficient (Wildman–Crippen LogP) is 3.17. The Labute approximate surface area is 96.6 Å². The van der Waals surface area contributed by atoms with E-state index in [-0.39, 0.29) is 12.4 Å². The van der Waals surface area contributed by atoms with Crippen molar-refractivity contribution >= 4 is 5.78 Å². The Morgan fingerprint density at radius 1 is 1.44 bits per heavy atom. The molecule has 1 saturated carbocycles. The van der Waals surface area contributed by atoms with E-state index in [1.807, 2.05) is 25.1 Å². The second-order valence-corrected chi connectivity index (χ2v) is 4.31. The summed E-state index contributed by atoms with van der Waals surface area (Å²) in [5.41, 5.74) is 2.10. The van der Waals surface area contributed by atoms with E-state index in [4.69, 9.17) is 4.74 Å². The molecular weight excluding hydrogens is 200 g/mol. The largest absolute Gasteiger partial charge is 0.374 e. The van der Waals surface area contributed by atoms with Crippen molar-refractivity contribution in [3.63, 3.8) is 0 Å². The molecule has 1 fully saturated rings. The number of hydrogen-bond donors (Lipinski definition) is 0. The topological polar surface area (TPSA) is 26.3 Å². The second-order valence-electron chi connectivity index (χ2n) is 4.31. The van der Waals surface area contributed by atoms with Crippen molar-refractivity contribution in [1.29, 1.82) is 0 Å². The first kappa shape index (κ1) is 11.3. The normalized spacial score (nSPS) is 15.8. The van der Waals surface area contributed by atoms with Gasteiger partial charge >= 0.3 is 0 Å². The van der Waals surface area contributed by atoms with Crippen LogP contribution in [0.4, 0.5) is 0 Å². The molecule has 2 rings (SSSR count). The van der Waals surface area contributed by atoms with Crippen molar-refractivity contribution in [2.75, 3.05) is 13.2 Å². The number of ether oxygens (including phenoxy) is 1. The van der Waals surface area contributed by atoms with Crippen molar-refractivity contribution < 1.29 is 9.53 Å². The molecule has 2 nitrogen and oxygen atoms in total. The molecule has 0 saturated heterocycles.